The van der Waals surface area contributed by atoms with Crippen LogP contribution in [0.3, 0.4) is 0 Å². The molecule has 0 saturated heterocycles. The molecule has 0 aliphatic rings. The van der Waals surface area contributed by atoms with Crippen molar-refractivity contribution in [3.63, 3.8) is 0 Å². The Morgan fingerprint density at radius 3 is 2.09 bits per heavy atom. The van der Waals surface area contributed by atoms with Crippen LogP contribution >= 0.6 is 11.6 Å². The number of hydrogen-bond donors (Lipinski definition) is 1. The van der Waals surface area contributed by atoms with E-state index in [0.717, 1.165) is 9.87 Å². The molecule has 0 saturated carbocycles. The number of sulfonamides is 1. The molecule has 10 heteroatoms. The molecule has 0 aliphatic heterocycles. The quantitative estimate of drug-likeness (QED) is 0.204. The SMILES string of the molecule is COc1cccc(CN(C(=O)CN(c2ccccc2Cl)S(=O)(=O)c2ccccc2)[C@@H](Cc2ccccc2)C(=O)NC(C)C)c1. The minimum Gasteiger partial charge on any atom is -0.497 e. The number of halogens is 1. The number of ether oxygens (including phenoxy) is 1. The molecule has 230 valence electrons. The van der Waals surface area contributed by atoms with Crippen molar-refractivity contribution < 1.29 is 22.7 Å². The maximum atomic E-state index is 14.5. The van der Waals surface area contributed by atoms with Gasteiger partial charge in [0.25, 0.3) is 10.0 Å². The highest BCUT2D eigenvalue weighted by atomic mass is 35.5. The summed E-state index contributed by atoms with van der Waals surface area (Å²) in [5.74, 6) is -0.340. The molecule has 0 spiro atoms. The molecule has 0 aliphatic carbocycles. The second-order valence-electron chi connectivity index (χ2n) is 10.5. The van der Waals surface area contributed by atoms with Gasteiger partial charge in [-0.2, -0.15) is 0 Å². The lowest BCUT2D eigenvalue weighted by Crippen LogP contribution is -2.54. The van der Waals surface area contributed by atoms with Crippen molar-refractivity contribution >= 4 is 39.1 Å². The molecule has 1 atom stereocenters. The fraction of sp³-hybridized carbons (Fsp3) is 0.235. The van der Waals surface area contributed by atoms with E-state index in [0.29, 0.717) is 11.3 Å². The highest BCUT2D eigenvalue weighted by molar-refractivity contribution is 7.92. The molecule has 0 bridgehead atoms. The van der Waals surface area contributed by atoms with E-state index < -0.39 is 28.5 Å². The number of methoxy groups -OCH3 is 1. The topological polar surface area (TPSA) is 96.0 Å². The van der Waals surface area contributed by atoms with Crippen molar-refractivity contribution in [2.75, 3.05) is 18.0 Å². The lowest BCUT2D eigenvalue weighted by Gasteiger charge is -2.34. The molecule has 0 heterocycles. The standard InChI is InChI=1S/C34H36ClN3O5S/c1-25(2)36-34(40)32(22-26-13-6-4-7-14-26)37(23-27-15-12-16-28(21-27)43-3)33(39)24-38(31-20-11-10-19-30(31)35)44(41,42)29-17-8-5-9-18-29/h4-21,25,32H,22-24H2,1-3H3,(H,36,40)/t32-/m0/s1. The third kappa shape index (κ3) is 8.18. The normalized spacial score (nSPS) is 11.9. The molecular formula is C34H36ClN3O5S. The van der Waals surface area contributed by atoms with Crippen LogP contribution in [0.1, 0.15) is 25.0 Å². The zero-order valence-corrected chi connectivity index (χ0v) is 26.5. The minimum absolute atomic E-state index is 0.00505. The predicted octanol–water partition coefficient (Wildman–Crippen LogP) is 5.71. The zero-order chi connectivity index (χ0) is 31.7. The van der Waals surface area contributed by atoms with Crippen molar-refractivity contribution in [1.82, 2.24) is 10.2 Å². The summed E-state index contributed by atoms with van der Waals surface area (Å²) in [4.78, 5) is 29.7. The highest BCUT2D eigenvalue weighted by Gasteiger charge is 2.35. The van der Waals surface area contributed by atoms with Crippen LogP contribution in [0.4, 0.5) is 5.69 Å². The van der Waals surface area contributed by atoms with Gasteiger partial charge in [0, 0.05) is 19.0 Å². The molecule has 4 aromatic rings. The molecular weight excluding hydrogens is 598 g/mol. The van der Waals surface area contributed by atoms with Crippen molar-refractivity contribution in [3.8, 4) is 5.75 Å². The fourth-order valence-corrected chi connectivity index (χ4v) is 6.53. The van der Waals surface area contributed by atoms with Crippen LogP contribution in [0.15, 0.2) is 114 Å². The van der Waals surface area contributed by atoms with E-state index in [9.17, 15) is 18.0 Å². The summed E-state index contributed by atoms with van der Waals surface area (Å²) in [6.45, 7) is 3.13. The van der Waals surface area contributed by atoms with Crippen LogP contribution in [0.5, 0.6) is 5.75 Å². The van der Waals surface area contributed by atoms with Gasteiger partial charge in [0.2, 0.25) is 11.8 Å². The summed E-state index contributed by atoms with van der Waals surface area (Å²) in [6.07, 6.45) is 0.215. The van der Waals surface area contributed by atoms with E-state index in [-0.39, 0.29) is 40.5 Å². The van der Waals surface area contributed by atoms with Crippen LogP contribution < -0.4 is 14.4 Å². The second-order valence-corrected chi connectivity index (χ2v) is 12.8. The van der Waals surface area contributed by atoms with E-state index in [1.807, 2.05) is 50.2 Å². The third-order valence-corrected chi connectivity index (χ3v) is 9.01. The fourth-order valence-electron chi connectivity index (χ4n) is 4.79. The Kier molecular flexibility index (Phi) is 11.0. The summed E-state index contributed by atoms with van der Waals surface area (Å²) in [5.41, 5.74) is 1.71. The third-order valence-electron chi connectivity index (χ3n) is 6.92. The summed E-state index contributed by atoms with van der Waals surface area (Å²) < 4.78 is 34.5. The summed E-state index contributed by atoms with van der Waals surface area (Å²) in [5, 5.41) is 3.11. The Bertz CT molecular complexity index is 1670. The number of anilines is 1. The zero-order valence-electron chi connectivity index (χ0n) is 24.9. The van der Waals surface area contributed by atoms with Gasteiger partial charge < -0.3 is 15.0 Å². The maximum absolute atomic E-state index is 14.5. The van der Waals surface area contributed by atoms with E-state index in [1.165, 1.54) is 17.0 Å². The predicted molar refractivity (Wildman–Crippen MR) is 173 cm³/mol. The van der Waals surface area contributed by atoms with Crippen LogP contribution in [0.2, 0.25) is 5.02 Å². The Labute approximate surface area is 264 Å². The lowest BCUT2D eigenvalue weighted by molar-refractivity contribution is -0.140. The number of nitrogens with one attached hydrogen (secondary N) is 1. The Hall–Kier alpha value is -4.34. The first-order valence-electron chi connectivity index (χ1n) is 14.2. The second kappa shape index (κ2) is 14.9. The number of para-hydroxylation sites is 1. The van der Waals surface area contributed by atoms with Gasteiger partial charge in [0.1, 0.15) is 18.3 Å². The van der Waals surface area contributed by atoms with Gasteiger partial charge in [-0.3, -0.25) is 13.9 Å². The molecule has 0 aromatic heterocycles. The van der Waals surface area contributed by atoms with Gasteiger partial charge in [-0.25, -0.2) is 8.42 Å². The largest absolute Gasteiger partial charge is 0.497 e. The number of hydrogen-bond acceptors (Lipinski definition) is 5. The van der Waals surface area contributed by atoms with Crippen LogP contribution in [-0.2, 0) is 32.6 Å². The van der Waals surface area contributed by atoms with E-state index >= 15 is 0 Å². The average molecular weight is 634 g/mol. The van der Waals surface area contributed by atoms with E-state index in [2.05, 4.69) is 5.32 Å². The molecule has 4 rings (SSSR count). The Balaban J connectivity index is 1.82. The van der Waals surface area contributed by atoms with Crippen molar-refractivity contribution in [3.05, 3.63) is 125 Å². The summed E-state index contributed by atoms with van der Waals surface area (Å²) in [7, 11) is -2.68. The molecule has 1 N–H and O–H groups in total. The van der Waals surface area contributed by atoms with Crippen molar-refractivity contribution in [1.29, 1.82) is 0 Å². The first-order valence-corrected chi connectivity index (χ1v) is 16.0. The molecule has 44 heavy (non-hydrogen) atoms. The lowest BCUT2D eigenvalue weighted by atomic mass is 10.0. The number of carbonyl (C=O) groups excluding carboxylic acids is 2. The van der Waals surface area contributed by atoms with Gasteiger partial charge in [-0.15, -0.1) is 0 Å². The van der Waals surface area contributed by atoms with E-state index in [1.54, 1.807) is 67.8 Å². The number of benzene rings is 4. The number of nitrogens with zero attached hydrogens (tertiary/aromatic N) is 2. The Morgan fingerprint density at radius 2 is 1.45 bits per heavy atom. The monoisotopic (exact) mass is 633 g/mol. The number of rotatable bonds is 13. The number of carbonyl (C=O) groups is 2. The van der Waals surface area contributed by atoms with Gasteiger partial charge >= 0.3 is 0 Å². The smallest absolute Gasteiger partial charge is 0.264 e. The average Bonchev–Trinajstić information content (AvgIpc) is 3.02. The van der Waals surface area contributed by atoms with Crippen LogP contribution in [0, 0.1) is 0 Å². The van der Waals surface area contributed by atoms with E-state index in [4.69, 9.17) is 16.3 Å². The molecule has 2 amide bonds. The van der Waals surface area contributed by atoms with Crippen molar-refractivity contribution in [2.45, 2.75) is 43.8 Å². The van der Waals surface area contributed by atoms with Gasteiger partial charge in [-0.05, 0) is 61.4 Å². The van der Waals surface area contributed by atoms with Crippen LogP contribution in [-0.4, -0.2) is 50.9 Å². The minimum atomic E-state index is -4.23. The van der Waals surface area contributed by atoms with Crippen LogP contribution in [0.25, 0.3) is 0 Å². The molecule has 0 fully saturated rings. The van der Waals surface area contributed by atoms with Crippen molar-refractivity contribution in [2.24, 2.45) is 0 Å². The van der Waals surface area contributed by atoms with Gasteiger partial charge in [0.15, 0.2) is 0 Å². The van der Waals surface area contributed by atoms with Gasteiger partial charge in [-0.1, -0.05) is 84.4 Å². The van der Waals surface area contributed by atoms with Gasteiger partial charge in [0.05, 0.1) is 22.7 Å². The maximum Gasteiger partial charge on any atom is 0.264 e. The highest BCUT2D eigenvalue weighted by Crippen LogP contribution is 2.31. The summed E-state index contributed by atoms with van der Waals surface area (Å²) >= 11 is 6.51. The Morgan fingerprint density at radius 1 is 0.841 bits per heavy atom. The molecule has 4 aromatic carbocycles. The molecule has 0 radical (unpaired) electrons. The summed E-state index contributed by atoms with van der Waals surface area (Å²) in [6, 6.07) is 29.8. The first-order chi connectivity index (χ1) is 21.1. The molecule has 0 unspecified atom stereocenters. The molecule has 8 nitrogen and oxygen atoms in total. The number of amides is 2. The first kappa shape index (κ1) is 32.6.